The first-order valence-corrected chi connectivity index (χ1v) is 12.9. The molecule has 3 aromatic carbocycles. The zero-order chi connectivity index (χ0) is 27.2. The van der Waals surface area contributed by atoms with E-state index in [1.165, 1.54) is 0 Å². The van der Waals surface area contributed by atoms with Crippen molar-refractivity contribution in [1.29, 1.82) is 0 Å². The highest BCUT2D eigenvalue weighted by molar-refractivity contribution is 6.06. The first-order chi connectivity index (χ1) is 18.3. The maximum Gasteiger partial charge on any atom is 0.338 e. The number of unbranched alkanes of at least 4 members (excludes halogenated alkanes) is 1. The van der Waals surface area contributed by atoms with E-state index in [4.69, 9.17) is 4.74 Å². The molecule has 3 N–H and O–H groups in total. The lowest BCUT2D eigenvalue weighted by Gasteiger charge is -2.35. The zero-order valence-electron chi connectivity index (χ0n) is 22.2. The summed E-state index contributed by atoms with van der Waals surface area (Å²) in [5, 5.41) is 10.7. The minimum Gasteiger partial charge on any atom is -0.459 e. The van der Waals surface area contributed by atoms with Gasteiger partial charge in [-0.05, 0) is 56.3 Å². The molecular formula is C30H34N4O4. The van der Waals surface area contributed by atoms with E-state index in [1.54, 1.807) is 43.9 Å². The highest BCUT2D eigenvalue weighted by Gasteiger charge is 2.36. The number of benzene rings is 3. The monoisotopic (exact) mass is 514 g/mol. The van der Waals surface area contributed by atoms with Crippen LogP contribution in [0.25, 0.3) is 10.8 Å². The third-order valence-corrected chi connectivity index (χ3v) is 6.41. The quantitative estimate of drug-likeness (QED) is 0.296. The van der Waals surface area contributed by atoms with Gasteiger partial charge in [0.05, 0.1) is 23.4 Å². The number of urea groups is 2. The van der Waals surface area contributed by atoms with Gasteiger partial charge in [0.25, 0.3) is 0 Å². The Morgan fingerprint density at radius 2 is 1.76 bits per heavy atom. The molecule has 0 fully saturated rings. The van der Waals surface area contributed by atoms with Crippen molar-refractivity contribution in [2.75, 3.05) is 17.2 Å². The van der Waals surface area contributed by atoms with Crippen molar-refractivity contribution in [3.8, 4) is 0 Å². The highest BCUT2D eigenvalue weighted by Crippen LogP contribution is 2.33. The van der Waals surface area contributed by atoms with Crippen LogP contribution in [-0.4, -0.2) is 35.6 Å². The van der Waals surface area contributed by atoms with Crippen molar-refractivity contribution < 1.29 is 19.1 Å². The number of fused-ring (bicyclic) bond motifs is 1. The molecule has 1 heterocycles. The Kier molecular flexibility index (Phi) is 8.31. The summed E-state index contributed by atoms with van der Waals surface area (Å²) >= 11 is 0. The number of hydrogen-bond acceptors (Lipinski definition) is 4. The Balaban J connectivity index is 1.59. The number of esters is 1. The van der Waals surface area contributed by atoms with Gasteiger partial charge >= 0.3 is 18.0 Å². The number of hydrogen-bond donors (Lipinski definition) is 3. The van der Waals surface area contributed by atoms with Crippen LogP contribution in [0.15, 0.2) is 78.0 Å². The van der Waals surface area contributed by atoms with Gasteiger partial charge < -0.3 is 20.7 Å². The van der Waals surface area contributed by atoms with E-state index < -0.39 is 18.0 Å². The number of rotatable bonds is 8. The Labute approximate surface area is 223 Å². The number of allylic oxidation sites excluding steroid dienone is 1. The van der Waals surface area contributed by atoms with Crippen molar-refractivity contribution in [3.63, 3.8) is 0 Å². The molecule has 0 radical (unpaired) electrons. The Morgan fingerprint density at radius 3 is 2.53 bits per heavy atom. The number of nitrogens with one attached hydrogen (secondary N) is 3. The maximum absolute atomic E-state index is 13.2. The number of carbonyl (C=O) groups is 3. The van der Waals surface area contributed by atoms with E-state index in [0.717, 1.165) is 23.6 Å². The van der Waals surface area contributed by atoms with E-state index in [9.17, 15) is 14.4 Å². The zero-order valence-corrected chi connectivity index (χ0v) is 22.2. The highest BCUT2D eigenvalue weighted by atomic mass is 16.5. The number of carbonyl (C=O) groups excluding carboxylic acids is 3. The number of ether oxygens (including phenoxy) is 1. The van der Waals surface area contributed by atoms with Crippen molar-refractivity contribution in [3.05, 3.63) is 83.6 Å². The molecule has 38 heavy (non-hydrogen) atoms. The van der Waals surface area contributed by atoms with Gasteiger partial charge in [-0.25, -0.2) is 14.4 Å². The minimum absolute atomic E-state index is 0.269. The molecule has 8 nitrogen and oxygen atoms in total. The largest absolute Gasteiger partial charge is 0.459 e. The third-order valence-electron chi connectivity index (χ3n) is 6.41. The smallest absolute Gasteiger partial charge is 0.338 e. The first kappa shape index (κ1) is 26.7. The molecule has 1 unspecified atom stereocenters. The summed E-state index contributed by atoms with van der Waals surface area (Å²) in [5.74, 6) is -0.476. The van der Waals surface area contributed by atoms with E-state index in [1.807, 2.05) is 55.5 Å². The summed E-state index contributed by atoms with van der Waals surface area (Å²) in [6.45, 7) is 7.91. The van der Waals surface area contributed by atoms with Crippen LogP contribution >= 0.6 is 0 Å². The molecule has 1 atom stereocenters. The molecule has 0 saturated carbocycles. The fourth-order valence-corrected chi connectivity index (χ4v) is 4.57. The van der Waals surface area contributed by atoms with Crippen LogP contribution in [0.5, 0.6) is 0 Å². The minimum atomic E-state index is -0.713. The second-order valence-electron chi connectivity index (χ2n) is 9.57. The van der Waals surface area contributed by atoms with Crippen LogP contribution in [0, 0.1) is 0 Å². The predicted molar refractivity (Wildman–Crippen MR) is 150 cm³/mol. The topological polar surface area (TPSA) is 99.8 Å². The second-order valence-corrected chi connectivity index (χ2v) is 9.57. The summed E-state index contributed by atoms with van der Waals surface area (Å²) < 4.78 is 5.54. The Morgan fingerprint density at radius 1 is 1.03 bits per heavy atom. The van der Waals surface area contributed by atoms with Crippen LogP contribution in [0.4, 0.5) is 21.0 Å². The van der Waals surface area contributed by atoms with Gasteiger partial charge in [0.15, 0.2) is 0 Å². The molecule has 4 amide bonds. The summed E-state index contributed by atoms with van der Waals surface area (Å²) in [4.78, 5) is 40.6. The van der Waals surface area contributed by atoms with Crippen molar-refractivity contribution in [2.24, 2.45) is 0 Å². The van der Waals surface area contributed by atoms with Crippen LogP contribution < -0.4 is 16.0 Å². The van der Waals surface area contributed by atoms with Crippen molar-refractivity contribution >= 4 is 40.2 Å². The van der Waals surface area contributed by atoms with E-state index in [-0.39, 0.29) is 12.1 Å². The molecule has 4 rings (SSSR count). The number of amides is 4. The van der Waals surface area contributed by atoms with Gasteiger partial charge in [-0.3, -0.25) is 4.90 Å². The summed E-state index contributed by atoms with van der Waals surface area (Å²) in [6, 6.07) is 19.3. The molecule has 0 bridgehead atoms. The molecule has 0 aliphatic carbocycles. The Bertz CT molecular complexity index is 1380. The summed E-state index contributed by atoms with van der Waals surface area (Å²) in [5.41, 5.74) is 2.83. The lowest BCUT2D eigenvalue weighted by molar-refractivity contribution is -0.143. The number of nitrogens with zero attached hydrogens (tertiary/aromatic N) is 1. The SMILES string of the molecule is CCCCN1C(=O)NC(c2cccc(NC(=O)Nc3cccc4ccccc34)c2)C(C(=O)OC(C)C)=C1C. The fourth-order valence-electron chi connectivity index (χ4n) is 4.57. The van der Waals surface area contributed by atoms with Gasteiger partial charge in [-0.1, -0.05) is 61.9 Å². The van der Waals surface area contributed by atoms with E-state index in [2.05, 4.69) is 16.0 Å². The molecule has 0 aromatic heterocycles. The van der Waals surface area contributed by atoms with Crippen LogP contribution in [0.2, 0.25) is 0 Å². The average molecular weight is 515 g/mol. The van der Waals surface area contributed by atoms with Gasteiger partial charge in [-0.2, -0.15) is 0 Å². The molecular weight excluding hydrogens is 480 g/mol. The van der Waals surface area contributed by atoms with Crippen molar-refractivity contribution in [1.82, 2.24) is 10.2 Å². The van der Waals surface area contributed by atoms with E-state index >= 15 is 0 Å². The molecule has 1 aliphatic heterocycles. The van der Waals surface area contributed by atoms with Crippen LogP contribution in [-0.2, 0) is 9.53 Å². The second kappa shape index (κ2) is 11.8. The number of anilines is 2. The third kappa shape index (κ3) is 5.96. The first-order valence-electron chi connectivity index (χ1n) is 12.9. The normalized spacial score (nSPS) is 15.4. The van der Waals surface area contributed by atoms with Gasteiger partial charge in [0, 0.05) is 23.3 Å². The summed E-state index contributed by atoms with van der Waals surface area (Å²) in [6.07, 6.45) is 1.42. The molecule has 0 spiro atoms. The summed E-state index contributed by atoms with van der Waals surface area (Å²) in [7, 11) is 0. The Hall–Kier alpha value is -4.33. The lowest BCUT2D eigenvalue weighted by atomic mass is 9.94. The van der Waals surface area contributed by atoms with Crippen molar-refractivity contribution in [2.45, 2.75) is 52.7 Å². The van der Waals surface area contributed by atoms with Crippen LogP contribution in [0.1, 0.15) is 52.1 Å². The molecule has 0 saturated heterocycles. The standard InChI is InChI=1S/C30H34N4O4/c1-5-6-17-34-20(4)26(28(35)38-19(2)3)27(33-30(34)37)22-13-9-14-23(18-22)31-29(36)32-25-16-10-12-21-11-7-8-15-24(21)25/h7-16,18-19,27H,5-6,17H2,1-4H3,(H,33,37)(H2,31,32,36). The maximum atomic E-state index is 13.2. The van der Waals surface area contributed by atoms with Gasteiger partial charge in [0.1, 0.15) is 0 Å². The predicted octanol–water partition coefficient (Wildman–Crippen LogP) is 6.58. The average Bonchev–Trinajstić information content (AvgIpc) is 2.88. The van der Waals surface area contributed by atoms with Crippen LogP contribution in [0.3, 0.4) is 0 Å². The van der Waals surface area contributed by atoms with E-state index in [0.29, 0.717) is 34.8 Å². The molecule has 3 aromatic rings. The lowest BCUT2D eigenvalue weighted by Crippen LogP contribution is -2.48. The van der Waals surface area contributed by atoms with Gasteiger partial charge in [0.2, 0.25) is 0 Å². The molecule has 1 aliphatic rings. The van der Waals surface area contributed by atoms with Gasteiger partial charge in [-0.15, -0.1) is 0 Å². The molecule has 8 heteroatoms. The fraction of sp³-hybridized carbons (Fsp3) is 0.300. The molecule has 198 valence electrons.